The fourth-order valence-corrected chi connectivity index (χ4v) is 4.86. The summed E-state index contributed by atoms with van der Waals surface area (Å²) in [6, 6.07) is 22.4. The molecule has 0 saturated carbocycles. The van der Waals surface area contributed by atoms with Crippen LogP contribution in [0.4, 0.5) is 0 Å². The number of rotatable bonds is 4. The lowest BCUT2D eigenvalue weighted by atomic mass is 10.2. The van der Waals surface area contributed by atoms with Crippen molar-refractivity contribution in [1.82, 2.24) is 19.2 Å². The summed E-state index contributed by atoms with van der Waals surface area (Å²) in [6.07, 6.45) is 0. The first-order valence-corrected chi connectivity index (χ1v) is 10.9. The summed E-state index contributed by atoms with van der Waals surface area (Å²) < 4.78 is 3.51. The maximum absolute atomic E-state index is 13.3. The zero-order valence-electron chi connectivity index (χ0n) is 15.5. The van der Waals surface area contributed by atoms with Crippen molar-refractivity contribution >= 4 is 51.6 Å². The molecule has 0 bridgehead atoms. The lowest BCUT2D eigenvalue weighted by Crippen LogP contribution is -2.21. The van der Waals surface area contributed by atoms with Crippen LogP contribution in [0, 0.1) is 0 Å². The molecule has 2 aromatic heterocycles. The molecule has 0 saturated heterocycles. The van der Waals surface area contributed by atoms with E-state index in [1.54, 1.807) is 10.6 Å². The second-order valence-electron chi connectivity index (χ2n) is 6.64. The Morgan fingerprint density at radius 1 is 0.900 bits per heavy atom. The highest BCUT2D eigenvalue weighted by molar-refractivity contribution is 7.98. The number of thioether (sulfide) groups is 1. The number of halogens is 2. The topological polar surface area (TPSA) is 52.2 Å². The van der Waals surface area contributed by atoms with Crippen molar-refractivity contribution in [3.8, 4) is 5.69 Å². The summed E-state index contributed by atoms with van der Waals surface area (Å²) in [5, 5.41) is 11.2. The van der Waals surface area contributed by atoms with Gasteiger partial charge in [0.25, 0.3) is 5.56 Å². The van der Waals surface area contributed by atoms with Gasteiger partial charge in [-0.25, -0.2) is 4.57 Å². The van der Waals surface area contributed by atoms with E-state index in [9.17, 15) is 4.79 Å². The summed E-state index contributed by atoms with van der Waals surface area (Å²) in [6.45, 7) is 0. The van der Waals surface area contributed by atoms with Crippen molar-refractivity contribution in [3.63, 3.8) is 0 Å². The SMILES string of the molecule is O=c1c2ccccc2n2c(SCc3ccc(Cl)cc3Cl)nnc2n1-c1ccccc1. The van der Waals surface area contributed by atoms with Crippen molar-refractivity contribution in [2.75, 3.05) is 0 Å². The van der Waals surface area contributed by atoms with Crippen LogP contribution >= 0.6 is 35.0 Å². The van der Waals surface area contributed by atoms with Gasteiger partial charge in [-0.05, 0) is 42.0 Å². The third kappa shape index (κ3) is 3.27. The number of benzene rings is 3. The number of aromatic nitrogens is 4. The van der Waals surface area contributed by atoms with Crippen LogP contribution in [0.1, 0.15) is 5.56 Å². The van der Waals surface area contributed by atoms with Gasteiger partial charge >= 0.3 is 0 Å². The second-order valence-corrected chi connectivity index (χ2v) is 8.42. The van der Waals surface area contributed by atoms with Gasteiger partial charge in [0.1, 0.15) is 0 Å². The van der Waals surface area contributed by atoms with Crippen LogP contribution in [0.25, 0.3) is 22.4 Å². The molecule has 148 valence electrons. The van der Waals surface area contributed by atoms with Crippen molar-refractivity contribution in [2.45, 2.75) is 10.9 Å². The van der Waals surface area contributed by atoms with Gasteiger partial charge in [-0.2, -0.15) is 0 Å². The smallest absolute Gasteiger partial charge is 0.267 e. The predicted octanol–water partition coefficient (Wildman–Crippen LogP) is 5.63. The molecular formula is C22H14Cl2N4OS. The Morgan fingerprint density at radius 2 is 1.67 bits per heavy atom. The number of hydrogen-bond donors (Lipinski definition) is 0. The number of hydrogen-bond acceptors (Lipinski definition) is 4. The quantitative estimate of drug-likeness (QED) is 0.331. The zero-order chi connectivity index (χ0) is 20.7. The van der Waals surface area contributed by atoms with Crippen LogP contribution in [-0.2, 0) is 5.75 Å². The van der Waals surface area contributed by atoms with E-state index in [0.717, 1.165) is 16.8 Å². The van der Waals surface area contributed by atoms with Gasteiger partial charge in [-0.15, -0.1) is 10.2 Å². The Morgan fingerprint density at radius 3 is 2.47 bits per heavy atom. The summed E-state index contributed by atoms with van der Waals surface area (Å²) in [4.78, 5) is 13.3. The third-order valence-electron chi connectivity index (χ3n) is 4.78. The summed E-state index contributed by atoms with van der Waals surface area (Å²) in [7, 11) is 0. The van der Waals surface area contributed by atoms with Gasteiger partial charge < -0.3 is 0 Å². The fourth-order valence-electron chi connectivity index (χ4n) is 3.36. The van der Waals surface area contributed by atoms with Crippen molar-refractivity contribution in [1.29, 1.82) is 0 Å². The molecule has 0 fully saturated rings. The molecule has 0 unspecified atom stereocenters. The normalized spacial score (nSPS) is 11.4. The minimum atomic E-state index is -0.131. The summed E-state index contributed by atoms with van der Waals surface area (Å²) in [5.74, 6) is 1.06. The van der Waals surface area contributed by atoms with E-state index in [4.69, 9.17) is 23.2 Å². The highest BCUT2D eigenvalue weighted by Gasteiger charge is 2.18. The molecular weight excluding hydrogens is 439 g/mol. The number of fused-ring (bicyclic) bond motifs is 3. The van der Waals surface area contributed by atoms with Crippen LogP contribution in [0.15, 0.2) is 82.7 Å². The lowest BCUT2D eigenvalue weighted by molar-refractivity contribution is 0.930. The van der Waals surface area contributed by atoms with Crippen LogP contribution in [0.5, 0.6) is 0 Å². The molecule has 8 heteroatoms. The first kappa shape index (κ1) is 19.2. The maximum Gasteiger partial charge on any atom is 0.267 e. The van der Waals surface area contributed by atoms with Crippen molar-refractivity contribution in [3.05, 3.63) is 98.8 Å². The molecule has 0 N–H and O–H groups in total. The minimum absolute atomic E-state index is 0.131. The first-order chi connectivity index (χ1) is 14.6. The monoisotopic (exact) mass is 452 g/mol. The summed E-state index contributed by atoms with van der Waals surface area (Å²) >= 11 is 13.8. The van der Waals surface area contributed by atoms with E-state index in [-0.39, 0.29) is 5.56 Å². The first-order valence-electron chi connectivity index (χ1n) is 9.14. The molecule has 0 atom stereocenters. The fraction of sp³-hybridized carbons (Fsp3) is 0.0455. The Labute approximate surface area is 185 Å². The lowest BCUT2D eigenvalue weighted by Gasteiger charge is -2.11. The Kier molecular flexibility index (Phi) is 4.98. The maximum atomic E-state index is 13.3. The Balaban J connectivity index is 1.69. The van der Waals surface area contributed by atoms with E-state index >= 15 is 0 Å². The number of para-hydroxylation sites is 2. The van der Waals surface area contributed by atoms with Crippen LogP contribution in [-0.4, -0.2) is 19.2 Å². The molecule has 0 amide bonds. The average Bonchev–Trinajstić information content (AvgIpc) is 3.18. The van der Waals surface area contributed by atoms with E-state index in [1.165, 1.54) is 11.8 Å². The average molecular weight is 453 g/mol. The molecule has 0 spiro atoms. The largest absolute Gasteiger partial charge is 0.268 e. The van der Waals surface area contributed by atoms with Gasteiger partial charge in [0.15, 0.2) is 5.16 Å². The molecule has 0 aliphatic rings. The molecule has 0 aliphatic heterocycles. The van der Waals surface area contributed by atoms with E-state index in [1.807, 2.05) is 71.1 Å². The highest BCUT2D eigenvalue weighted by atomic mass is 35.5. The van der Waals surface area contributed by atoms with Gasteiger partial charge in [-0.1, -0.05) is 71.4 Å². The van der Waals surface area contributed by atoms with E-state index in [2.05, 4.69) is 10.2 Å². The van der Waals surface area contributed by atoms with Gasteiger partial charge in [0, 0.05) is 15.8 Å². The van der Waals surface area contributed by atoms with Gasteiger partial charge in [0.05, 0.1) is 16.6 Å². The molecule has 5 nitrogen and oxygen atoms in total. The number of nitrogens with zero attached hydrogens (tertiary/aromatic N) is 4. The molecule has 5 aromatic rings. The Hall–Kier alpha value is -2.80. The summed E-state index contributed by atoms with van der Waals surface area (Å²) in [5.41, 5.74) is 2.32. The Bertz CT molecular complexity index is 1450. The molecule has 0 aliphatic carbocycles. The molecule has 2 heterocycles. The highest BCUT2D eigenvalue weighted by Crippen LogP contribution is 2.29. The van der Waals surface area contributed by atoms with Crippen LogP contribution in [0.3, 0.4) is 0 Å². The molecule has 5 rings (SSSR count). The van der Waals surface area contributed by atoms with E-state index < -0.39 is 0 Å². The molecule has 30 heavy (non-hydrogen) atoms. The predicted molar refractivity (Wildman–Crippen MR) is 122 cm³/mol. The minimum Gasteiger partial charge on any atom is -0.268 e. The van der Waals surface area contributed by atoms with Crippen molar-refractivity contribution < 1.29 is 0 Å². The standard InChI is InChI=1S/C22H14Cl2N4OS/c23-15-11-10-14(18(24)12-15)13-30-22-26-25-21-27(16-6-2-1-3-7-16)20(29)17-8-4-5-9-19(17)28(21)22/h1-12H,13H2. The second kappa shape index (κ2) is 7.80. The van der Waals surface area contributed by atoms with Gasteiger partial charge in [0.2, 0.25) is 5.78 Å². The van der Waals surface area contributed by atoms with E-state index in [0.29, 0.717) is 32.1 Å². The molecule has 0 radical (unpaired) electrons. The van der Waals surface area contributed by atoms with Crippen molar-refractivity contribution in [2.24, 2.45) is 0 Å². The zero-order valence-corrected chi connectivity index (χ0v) is 17.8. The van der Waals surface area contributed by atoms with Crippen LogP contribution < -0.4 is 5.56 Å². The van der Waals surface area contributed by atoms with Gasteiger partial charge in [-0.3, -0.25) is 9.20 Å². The molecule has 3 aromatic carbocycles. The van der Waals surface area contributed by atoms with Crippen LogP contribution in [0.2, 0.25) is 10.0 Å². The third-order valence-corrected chi connectivity index (χ3v) is 6.35.